The van der Waals surface area contributed by atoms with Crippen molar-refractivity contribution in [2.24, 2.45) is 0 Å². The molecular weight excluding hydrogens is 288 g/mol. The first-order valence-corrected chi connectivity index (χ1v) is 8.12. The fraction of sp³-hybridized carbons (Fsp3) is 0.333. The number of aliphatic hydroxyl groups excluding tert-OH is 1. The van der Waals surface area contributed by atoms with Crippen molar-refractivity contribution in [3.05, 3.63) is 59.4 Å². The molecule has 4 rings (SSSR count). The van der Waals surface area contributed by atoms with Crippen LogP contribution < -0.4 is 5.32 Å². The highest BCUT2D eigenvalue weighted by Crippen LogP contribution is 2.34. The summed E-state index contributed by atoms with van der Waals surface area (Å²) >= 11 is 0. The summed E-state index contributed by atoms with van der Waals surface area (Å²) in [4.78, 5) is 4.62. The zero-order valence-electron chi connectivity index (χ0n) is 13.1. The lowest BCUT2D eigenvalue weighted by molar-refractivity contribution is 0.165. The van der Waals surface area contributed by atoms with E-state index in [2.05, 4.69) is 34.5 Å². The number of anilines is 1. The molecule has 1 aliphatic rings. The van der Waals surface area contributed by atoms with Crippen LogP contribution in [0.4, 0.5) is 5.82 Å². The number of benzene rings is 1. The summed E-state index contributed by atoms with van der Waals surface area (Å²) in [6.45, 7) is 2.15. The average Bonchev–Trinajstić information content (AvgIpc) is 3.13. The second-order valence-electron chi connectivity index (χ2n) is 6.08. The number of aromatic nitrogens is 3. The van der Waals surface area contributed by atoms with E-state index in [9.17, 15) is 5.11 Å². The van der Waals surface area contributed by atoms with Crippen molar-refractivity contribution in [1.29, 1.82) is 0 Å². The van der Waals surface area contributed by atoms with Crippen LogP contribution in [0.15, 0.2) is 42.6 Å². The summed E-state index contributed by atoms with van der Waals surface area (Å²) in [5, 5.41) is 18.3. The number of aliphatic hydroxyl groups is 1. The molecule has 0 saturated heterocycles. The second-order valence-corrected chi connectivity index (χ2v) is 6.08. The Morgan fingerprint density at radius 3 is 3.04 bits per heavy atom. The molecule has 23 heavy (non-hydrogen) atoms. The predicted octanol–water partition coefficient (Wildman–Crippen LogP) is 2.75. The van der Waals surface area contributed by atoms with Crippen molar-refractivity contribution in [2.45, 2.75) is 38.3 Å². The fourth-order valence-electron chi connectivity index (χ4n) is 3.36. The molecule has 0 radical (unpaired) electrons. The lowest BCUT2D eigenvalue weighted by atomic mass is 10.1. The van der Waals surface area contributed by atoms with Crippen molar-refractivity contribution >= 4 is 11.5 Å². The molecule has 1 aromatic carbocycles. The molecule has 2 heterocycles. The normalized spacial score (nSPS) is 19.9. The molecular formula is C18H20N4O. The Morgan fingerprint density at radius 1 is 1.30 bits per heavy atom. The number of hydrogen-bond donors (Lipinski definition) is 2. The van der Waals surface area contributed by atoms with Gasteiger partial charge in [0.1, 0.15) is 5.82 Å². The molecule has 0 bridgehead atoms. The molecule has 2 atom stereocenters. The van der Waals surface area contributed by atoms with Crippen molar-refractivity contribution in [1.82, 2.24) is 14.6 Å². The summed E-state index contributed by atoms with van der Waals surface area (Å²) in [5.74, 6) is 0.879. The minimum atomic E-state index is -0.430. The lowest BCUT2D eigenvalue weighted by Crippen LogP contribution is -2.22. The van der Waals surface area contributed by atoms with Crippen molar-refractivity contribution < 1.29 is 5.11 Å². The van der Waals surface area contributed by atoms with Gasteiger partial charge in [0.25, 0.3) is 0 Å². The smallest absolute Gasteiger partial charge is 0.157 e. The van der Waals surface area contributed by atoms with Gasteiger partial charge in [-0.3, -0.25) is 0 Å². The Bertz CT molecular complexity index is 842. The molecule has 0 spiro atoms. The molecule has 0 unspecified atom stereocenters. The Morgan fingerprint density at radius 2 is 2.17 bits per heavy atom. The third-order valence-electron chi connectivity index (χ3n) is 4.43. The lowest BCUT2D eigenvalue weighted by Gasteiger charge is -2.20. The molecule has 2 N–H and O–H groups in total. The third kappa shape index (κ3) is 2.47. The molecule has 5 heteroatoms. The van der Waals surface area contributed by atoms with Crippen molar-refractivity contribution in [3.63, 3.8) is 0 Å². The van der Waals surface area contributed by atoms with Crippen LogP contribution in [0.2, 0.25) is 0 Å². The first-order valence-electron chi connectivity index (χ1n) is 8.12. The molecule has 0 amide bonds. The van der Waals surface area contributed by atoms with E-state index >= 15 is 0 Å². The Balaban J connectivity index is 1.74. The maximum atomic E-state index is 10.5. The summed E-state index contributed by atoms with van der Waals surface area (Å²) in [5.41, 5.74) is 4.24. The van der Waals surface area contributed by atoms with Crippen LogP contribution in [0.25, 0.3) is 5.65 Å². The van der Waals surface area contributed by atoms with Gasteiger partial charge in [0.2, 0.25) is 0 Å². The Labute approximate surface area is 135 Å². The maximum Gasteiger partial charge on any atom is 0.157 e. The monoisotopic (exact) mass is 308 g/mol. The summed E-state index contributed by atoms with van der Waals surface area (Å²) < 4.78 is 1.80. The van der Waals surface area contributed by atoms with E-state index in [1.807, 2.05) is 24.3 Å². The third-order valence-corrected chi connectivity index (χ3v) is 4.43. The standard InChI is InChI=1S/C18H20N4O/c1-2-5-13-11-17(22-16(20-13)8-9-19-22)21-18-14-7-4-3-6-12(14)10-15(18)23/h3-4,6-9,11,15,18,21,23H,2,5,10H2,1H3/t15-,18+/m0/s1. The van der Waals surface area contributed by atoms with Crippen LogP contribution >= 0.6 is 0 Å². The van der Waals surface area contributed by atoms with Crippen molar-refractivity contribution in [2.75, 3.05) is 5.32 Å². The van der Waals surface area contributed by atoms with Crippen LogP contribution in [0, 0.1) is 0 Å². The van der Waals surface area contributed by atoms with Crippen LogP contribution in [0.3, 0.4) is 0 Å². The van der Waals surface area contributed by atoms with E-state index in [-0.39, 0.29) is 6.04 Å². The van der Waals surface area contributed by atoms with E-state index in [1.165, 1.54) is 5.56 Å². The quantitative estimate of drug-likeness (QED) is 0.778. The topological polar surface area (TPSA) is 62.5 Å². The average molecular weight is 308 g/mol. The Kier molecular flexibility index (Phi) is 3.50. The first kappa shape index (κ1) is 14.2. The van der Waals surface area contributed by atoms with E-state index < -0.39 is 6.10 Å². The summed E-state index contributed by atoms with van der Waals surface area (Å²) in [6, 6.07) is 12.0. The minimum Gasteiger partial charge on any atom is -0.390 e. The van der Waals surface area contributed by atoms with Gasteiger partial charge in [0.15, 0.2) is 5.65 Å². The minimum absolute atomic E-state index is 0.115. The van der Waals surface area contributed by atoms with Gasteiger partial charge in [-0.25, -0.2) is 4.98 Å². The van der Waals surface area contributed by atoms with Gasteiger partial charge >= 0.3 is 0 Å². The second kappa shape index (κ2) is 5.66. The maximum absolute atomic E-state index is 10.5. The molecule has 5 nitrogen and oxygen atoms in total. The zero-order chi connectivity index (χ0) is 15.8. The molecule has 3 aromatic rings. The van der Waals surface area contributed by atoms with Gasteiger partial charge in [-0.2, -0.15) is 9.61 Å². The number of hydrogen-bond acceptors (Lipinski definition) is 4. The Hall–Kier alpha value is -2.40. The largest absolute Gasteiger partial charge is 0.390 e. The van der Waals surface area contributed by atoms with Gasteiger partial charge in [-0.1, -0.05) is 37.6 Å². The highest BCUT2D eigenvalue weighted by atomic mass is 16.3. The van der Waals surface area contributed by atoms with Gasteiger partial charge in [-0.15, -0.1) is 0 Å². The number of nitrogens with one attached hydrogen (secondary N) is 1. The summed E-state index contributed by atoms with van der Waals surface area (Å²) in [7, 11) is 0. The molecule has 0 aliphatic heterocycles. The number of rotatable bonds is 4. The van der Waals surface area contributed by atoms with Crippen LogP contribution in [0.1, 0.15) is 36.2 Å². The van der Waals surface area contributed by atoms with Crippen molar-refractivity contribution in [3.8, 4) is 0 Å². The van der Waals surface area contributed by atoms with E-state index in [0.717, 1.165) is 35.6 Å². The van der Waals surface area contributed by atoms with Gasteiger partial charge in [0.05, 0.1) is 18.3 Å². The van der Waals surface area contributed by atoms with Crippen LogP contribution in [0.5, 0.6) is 0 Å². The van der Waals surface area contributed by atoms with Crippen LogP contribution in [-0.4, -0.2) is 25.8 Å². The van der Waals surface area contributed by atoms with Gasteiger partial charge in [0, 0.05) is 24.2 Å². The van der Waals surface area contributed by atoms with E-state index in [0.29, 0.717) is 6.42 Å². The summed E-state index contributed by atoms with van der Waals surface area (Å²) in [6.07, 6.45) is 3.98. The molecule has 0 fully saturated rings. The highest BCUT2D eigenvalue weighted by molar-refractivity contribution is 5.52. The van der Waals surface area contributed by atoms with E-state index in [4.69, 9.17) is 0 Å². The number of nitrogens with zero attached hydrogens (tertiary/aromatic N) is 3. The molecule has 0 saturated carbocycles. The van der Waals surface area contributed by atoms with Gasteiger partial charge < -0.3 is 10.4 Å². The molecule has 1 aliphatic carbocycles. The van der Waals surface area contributed by atoms with E-state index in [1.54, 1.807) is 10.7 Å². The molecule has 118 valence electrons. The fourth-order valence-corrected chi connectivity index (χ4v) is 3.36. The molecule has 2 aromatic heterocycles. The zero-order valence-corrected chi connectivity index (χ0v) is 13.1. The highest BCUT2D eigenvalue weighted by Gasteiger charge is 2.31. The number of fused-ring (bicyclic) bond motifs is 2. The van der Waals surface area contributed by atoms with Gasteiger partial charge in [-0.05, 0) is 17.5 Å². The predicted molar refractivity (Wildman–Crippen MR) is 89.5 cm³/mol. The SMILES string of the molecule is CCCc1cc(N[C@@H]2c3ccccc3C[C@@H]2O)n2nccc2n1. The van der Waals surface area contributed by atoms with Crippen LogP contribution in [-0.2, 0) is 12.8 Å². The number of aryl methyl sites for hydroxylation is 1. The first-order chi connectivity index (χ1) is 11.3.